The molecule has 2 fully saturated rings. The predicted octanol–water partition coefficient (Wildman–Crippen LogP) is 0.179. The second-order valence-corrected chi connectivity index (χ2v) is 4.91. The van der Waals surface area contributed by atoms with Gasteiger partial charge in [0.25, 0.3) is 0 Å². The van der Waals surface area contributed by atoms with Gasteiger partial charge in [-0.1, -0.05) is 6.07 Å². The summed E-state index contributed by atoms with van der Waals surface area (Å²) < 4.78 is 0. The lowest BCUT2D eigenvalue weighted by Gasteiger charge is -2.43. The van der Waals surface area contributed by atoms with Crippen LogP contribution in [-0.4, -0.2) is 49.6 Å². The van der Waals surface area contributed by atoms with Crippen molar-refractivity contribution in [2.24, 2.45) is 0 Å². The van der Waals surface area contributed by atoms with Crippen LogP contribution in [0.5, 0.6) is 0 Å². The van der Waals surface area contributed by atoms with Crippen molar-refractivity contribution in [1.82, 2.24) is 10.2 Å². The van der Waals surface area contributed by atoms with Crippen LogP contribution in [0.25, 0.3) is 0 Å². The minimum atomic E-state index is -0.0618. The van der Waals surface area contributed by atoms with Gasteiger partial charge in [0.2, 0.25) is 5.91 Å². The minimum Gasteiger partial charge on any atom is -0.313 e. The molecule has 5 heteroatoms. The number of nitrogens with zero attached hydrogens (tertiary/aromatic N) is 3. The van der Waals surface area contributed by atoms with Gasteiger partial charge in [-0.05, 0) is 18.2 Å². The Morgan fingerprint density at radius 2 is 2.21 bits per heavy atom. The topological polar surface area (TPSA) is 59.4 Å². The number of hydrogen-bond acceptors (Lipinski definition) is 4. The Labute approximate surface area is 112 Å². The molecule has 1 aromatic rings. The van der Waals surface area contributed by atoms with Crippen LogP contribution in [0.15, 0.2) is 24.3 Å². The van der Waals surface area contributed by atoms with Crippen LogP contribution in [-0.2, 0) is 4.79 Å². The maximum absolute atomic E-state index is 12.5. The first kappa shape index (κ1) is 12.2. The SMILES string of the molecule is N#Cc1cccc(N2CCN3CCNCC3C2=O)c1. The molecule has 0 spiro atoms. The van der Waals surface area contributed by atoms with E-state index in [0.29, 0.717) is 18.7 Å². The molecule has 1 atom stereocenters. The zero-order chi connectivity index (χ0) is 13.2. The van der Waals surface area contributed by atoms with Crippen molar-refractivity contribution in [2.75, 3.05) is 37.6 Å². The summed E-state index contributed by atoms with van der Waals surface area (Å²) in [7, 11) is 0. The highest BCUT2D eigenvalue weighted by Crippen LogP contribution is 2.22. The van der Waals surface area contributed by atoms with Gasteiger partial charge in [0.1, 0.15) is 6.04 Å². The quantitative estimate of drug-likeness (QED) is 0.778. The van der Waals surface area contributed by atoms with Crippen LogP contribution in [0.3, 0.4) is 0 Å². The summed E-state index contributed by atoms with van der Waals surface area (Å²) in [5, 5.41) is 12.2. The summed E-state index contributed by atoms with van der Waals surface area (Å²) >= 11 is 0. The average Bonchev–Trinajstić information content (AvgIpc) is 2.48. The standard InChI is InChI=1S/C14H16N4O/c15-9-11-2-1-3-12(8-11)18-7-6-17-5-4-16-10-13(17)14(18)19/h1-3,8,13,16H,4-7,10H2. The second-order valence-electron chi connectivity index (χ2n) is 4.91. The molecule has 0 aliphatic carbocycles. The molecule has 2 aliphatic heterocycles. The maximum Gasteiger partial charge on any atom is 0.245 e. The van der Waals surface area contributed by atoms with Crippen LogP contribution in [0.4, 0.5) is 5.69 Å². The highest BCUT2D eigenvalue weighted by atomic mass is 16.2. The second kappa shape index (κ2) is 5.00. The fourth-order valence-corrected chi connectivity index (χ4v) is 2.78. The largest absolute Gasteiger partial charge is 0.313 e. The van der Waals surface area contributed by atoms with Gasteiger partial charge in [0.15, 0.2) is 0 Å². The third-order valence-electron chi connectivity index (χ3n) is 3.80. The predicted molar refractivity (Wildman–Crippen MR) is 71.7 cm³/mol. The molecule has 1 N–H and O–H groups in total. The first-order valence-corrected chi connectivity index (χ1v) is 6.56. The van der Waals surface area contributed by atoms with Crippen molar-refractivity contribution in [1.29, 1.82) is 5.26 Å². The van der Waals surface area contributed by atoms with Crippen molar-refractivity contribution >= 4 is 11.6 Å². The molecule has 0 radical (unpaired) electrons. The number of nitrogens with one attached hydrogen (secondary N) is 1. The number of benzene rings is 1. The highest BCUT2D eigenvalue weighted by Gasteiger charge is 2.36. The molecule has 1 amide bonds. The smallest absolute Gasteiger partial charge is 0.245 e. The van der Waals surface area contributed by atoms with E-state index in [1.54, 1.807) is 17.0 Å². The minimum absolute atomic E-state index is 0.0618. The molecule has 2 aliphatic rings. The fourth-order valence-electron chi connectivity index (χ4n) is 2.78. The maximum atomic E-state index is 12.5. The number of rotatable bonds is 1. The molecule has 2 saturated heterocycles. The Hall–Kier alpha value is -1.90. The van der Waals surface area contributed by atoms with Gasteiger partial charge in [0, 0.05) is 38.4 Å². The summed E-state index contributed by atoms with van der Waals surface area (Å²) in [4.78, 5) is 16.6. The van der Waals surface area contributed by atoms with Crippen molar-refractivity contribution in [2.45, 2.75) is 6.04 Å². The number of anilines is 1. The number of carbonyl (C=O) groups excluding carboxylic acids is 1. The molecule has 3 rings (SSSR count). The lowest BCUT2D eigenvalue weighted by atomic mass is 10.1. The summed E-state index contributed by atoms with van der Waals surface area (Å²) in [6.45, 7) is 4.20. The number of amides is 1. The van der Waals surface area contributed by atoms with Gasteiger partial charge < -0.3 is 10.2 Å². The Kier molecular flexibility index (Phi) is 3.20. The number of fused-ring (bicyclic) bond motifs is 1. The number of hydrogen-bond donors (Lipinski definition) is 1. The number of piperazine rings is 2. The summed E-state index contributed by atoms with van der Waals surface area (Å²) in [6.07, 6.45) is 0. The Morgan fingerprint density at radius 1 is 1.32 bits per heavy atom. The van der Waals surface area contributed by atoms with Crippen molar-refractivity contribution in [3.05, 3.63) is 29.8 Å². The van der Waals surface area contributed by atoms with Crippen molar-refractivity contribution in [3.63, 3.8) is 0 Å². The van der Waals surface area contributed by atoms with Gasteiger partial charge in [-0.3, -0.25) is 9.69 Å². The molecule has 0 bridgehead atoms. The molecule has 2 heterocycles. The number of carbonyl (C=O) groups is 1. The summed E-state index contributed by atoms with van der Waals surface area (Å²) in [5.41, 5.74) is 1.42. The van der Waals surface area contributed by atoms with Crippen LogP contribution < -0.4 is 10.2 Å². The van der Waals surface area contributed by atoms with E-state index in [9.17, 15) is 4.79 Å². The first-order chi connectivity index (χ1) is 9.29. The van der Waals surface area contributed by atoms with E-state index in [2.05, 4.69) is 16.3 Å². The number of nitriles is 1. The summed E-state index contributed by atoms with van der Waals surface area (Å²) in [5.74, 6) is 0.133. The Balaban J connectivity index is 1.85. The monoisotopic (exact) mass is 256 g/mol. The fraction of sp³-hybridized carbons (Fsp3) is 0.429. The highest BCUT2D eigenvalue weighted by molar-refractivity contribution is 5.98. The molecule has 1 aromatic carbocycles. The van der Waals surface area contributed by atoms with Gasteiger partial charge in [0.05, 0.1) is 11.6 Å². The lowest BCUT2D eigenvalue weighted by molar-refractivity contribution is -0.126. The van der Waals surface area contributed by atoms with Crippen LogP contribution in [0.1, 0.15) is 5.56 Å². The van der Waals surface area contributed by atoms with Crippen molar-refractivity contribution < 1.29 is 4.79 Å². The third-order valence-corrected chi connectivity index (χ3v) is 3.80. The van der Waals surface area contributed by atoms with E-state index in [0.717, 1.165) is 25.3 Å². The third kappa shape index (κ3) is 2.21. The average molecular weight is 256 g/mol. The molecular formula is C14H16N4O. The van der Waals surface area contributed by atoms with Crippen LogP contribution in [0, 0.1) is 11.3 Å². The van der Waals surface area contributed by atoms with Gasteiger partial charge >= 0.3 is 0 Å². The Morgan fingerprint density at radius 3 is 3.05 bits per heavy atom. The molecule has 19 heavy (non-hydrogen) atoms. The van der Waals surface area contributed by atoms with E-state index < -0.39 is 0 Å². The van der Waals surface area contributed by atoms with E-state index in [4.69, 9.17) is 5.26 Å². The van der Waals surface area contributed by atoms with Gasteiger partial charge in [-0.25, -0.2) is 0 Å². The van der Waals surface area contributed by atoms with Crippen molar-refractivity contribution in [3.8, 4) is 6.07 Å². The van der Waals surface area contributed by atoms with Crippen LogP contribution >= 0.6 is 0 Å². The van der Waals surface area contributed by atoms with E-state index in [1.165, 1.54) is 0 Å². The van der Waals surface area contributed by atoms with E-state index in [1.807, 2.05) is 12.1 Å². The zero-order valence-electron chi connectivity index (χ0n) is 10.7. The Bertz CT molecular complexity index is 536. The zero-order valence-corrected chi connectivity index (χ0v) is 10.7. The molecular weight excluding hydrogens is 240 g/mol. The van der Waals surface area contributed by atoms with E-state index in [-0.39, 0.29) is 11.9 Å². The lowest BCUT2D eigenvalue weighted by Crippen LogP contribution is -2.64. The van der Waals surface area contributed by atoms with Gasteiger partial charge in [-0.2, -0.15) is 5.26 Å². The molecule has 0 saturated carbocycles. The van der Waals surface area contributed by atoms with Gasteiger partial charge in [-0.15, -0.1) is 0 Å². The molecule has 98 valence electrons. The van der Waals surface area contributed by atoms with Crippen LogP contribution in [0.2, 0.25) is 0 Å². The first-order valence-electron chi connectivity index (χ1n) is 6.56. The summed E-state index contributed by atoms with van der Waals surface area (Å²) in [6, 6.07) is 9.31. The molecule has 5 nitrogen and oxygen atoms in total. The molecule has 0 aromatic heterocycles. The molecule has 1 unspecified atom stereocenters. The van der Waals surface area contributed by atoms with E-state index >= 15 is 0 Å². The normalized spacial score (nSPS) is 23.8.